The third-order valence-electron chi connectivity index (χ3n) is 3.63. The van der Waals surface area contributed by atoms with Gasteiger partial charge in [0.15, 0.2) is 11.0 Å². The first-order chi connectivity index (χ1) is 9.29. The zero-order chi connectivity index (χ0) is 13.2. The van der Waals surface area contributed by atoms with Crippen LogP contribution in [0.1, 0.15) is 35.0 Å². The molecule has 1 aromatic carbocycles. The summed E-state index contributed by atoms with van der Waals surface area (Å²) < 4.78 is 1.88. The van der Waals surface area contributed by atoms with Crippen molar-refractivity contribution in [2.24, 2.45) is 7.05 Å². The summed E-state index contributed by atoms with van der Waals surface area (Å²) in [5, 5.41) is 18.7. The molecule has 0 bridgehead atoms. The Morgan fingerprint density at radius 2 is 2.21 bits per heavy atom. The van der Waals surface area contributed by atoms with Gasteiger partial charge < -0.3 is 9.67 Å². The number of nitrogens with zero attached hydrogens (tertiary/aromatic N) is 3. The fourth-order valence-electron chi connectivity index (χ4n) is 2.54. The molecule has 0 radical (unpaired) electrons. The van der Waals surface area contributed by atoms with Crippen LogP contribution in [0.3, 0.4) is 0 Å². The Kier molecular flexibility index (Phi) is 3.57. The number of thioether (sulfide) groups is 1. The standard InChI is InChI=1S/C14H17N3OS/c1-17-13(9-18)15-16-14(17)19-12-8-4-6-10-5-2-3-7-11(10)12/h2-3,5,7,12,18H,4,6,8-9H2,1H3. The van der Waals surface area contributed by atoms with Crippen molar-refractivity contribution in [1.82, 2.24) is 14.8 Å². The second-order valence-corrected chi connectivity index (χ2v) is 5.98. The number of hydrogen-bond donors (Lipinski definition) is 1. The minimum absolute atomic E-state index is 0.0642. The van der Waals surface area contributed by atoms with Crippen molar-refractivity contribution in [2.75, 3.05) is 0 Å². The smallest absolute Gasteiger partial charge is 0.191 e. The van der Waals surface area contributed by atoms with E-state index in [4.69, 9.17) is 5.11 Å². The SMILES string of the molecule is Cn1c(CO)nnc1SC1CCCc2ccccc21. The molecule has 1 aromatic heterocycles. The number of hydrogen-bond acceptors (Lipinski definition) is 4. The fraction of sp³-hybridized carbons (Fsp3) is 0.429. The maximum Gasteiger partial charge on any atom is 0.191 e. The molecule has 0 saturated heterocycles. The van der Waals surface area contributed by atoms with Crippen molar-refractivity contribution in [2.45, 2.75) is 36.3 Å². The number of aliphatic hydroxyl groups excluding tert-OH is 1. The van der Waals surface area contributed by atoms with Crippen LogP contribution >= 0.6 is 11.8 Å². The minimum Gasteiger partial charge on any atom is -0.388 e. The Morgan fingerprint density at radius 3 is 3.00 bits per heavy atom. The van der Waals surface area contributed by atoms with E-state index in [-0.39, 0.29) is 6.61 Å². The summed E-state index contributed by atoms with van der Waals surface area (Å²) >= 11 is 1.75. The molecule has 0 amide bonds. The van der Waals surface area contributed by atoms with E-state index >= 15 is 0 Å². The molecule has 0 saturated carbocycles. The molecule has 2 aromatic rings. The van der Waals surface area contributed by atoms with E-state index < -0.39 is 0 Å². The highest BCUT2D eigenvalue weighted by molar-refractivity contribution is 7.99. The van der Waals surface area contributed by atoms with Crippen molar-refractivity contribution in [3.05, 3.63) is 41.2 Å². The summed E-state index contributed by atoms with van der Waals surface area (Å²) in [6, 6.07) is 8.65. The Labute approximate surface area is 116 Å². The Bertz CT molecular complexity index is 582. The molecule has 1 atom stereocenters. The molecule has 1 heterocycles. The van der Waals surface area contributed by atoms with Crippen LogP contribution in [-0.2, 0) is 20.1 Å². The molecule has 4 nitrogen and oxygen atoms in total. The lowest BCUT2D eigenvalue weighted by Gasteiger charge is -2.24. The van der Waals surface area contributed by atoms with Crippen molar-refractivity contribution < 1.29 is 5.11 Å². The van der Waals surface area contributed by atoms with E-state index in [0.717, 1.165) is 5.16 Å². The van der Waals surface area contributed by atoms with E-state index in [1.54, 1.807) is 11.8 Å². The average Bonchev–Trinajstić information content (AvgIpc) is 2.80. The van der Waals surface area contributed by atoms with Gasteiger partial charge in [-0.3, -0.25) is 0 Å². The molecule has 1 aliphatic rings. The van der Waals surface area contributed by atoms with Gasteiger partial charge >= 0.3 is 0 Å². The molecule has 1 N–H and O–H groups in total. The second kappa shape index (κ2) is 5.35. The van der Waals surface area contributed by atoms with Gasteiger partial charge in [-0.2, -0.15) is 0 Å². The van der Waals surface area contributed by atoms with Crippen LogP contribution in [0.2, 0.25) is 0 Å². The molecule has 0 aliphatic heterocycles. The number of aliphatic hydroxyl groups is 1. The Balaban J connectivity index is 1.86. The van der Waals surface area contributed by atoms with Crippen LogP contribution in [0.15, 0.2) is 29.4 Å². The van der Waals surface area contributed by atoms with E-state index in [1.807, 2.05) is 11.6 Å². The maximum atomic E-state index is 9.16. The topological polar surface area (TPSA) is 50.9 Å². The fourth-order valence-corrected chi connectivity index (χ4v) is 3.79. The van der Waals surface area contributed by atoms with Gasteiger partial charge in [-0.05, 0) is 30.4 Å². The van der Waals surface area contributed by atoms with Crippen LogP contribution in [-0.4, -0.2) is 19.9 Å². The van der Waals surface area contributed by atoms with Crippen molar-refractivity contribution >= 4 is 11.8 Å². The third-order valence-corrected chi connectivity index (χ3v) is 4.97. The zero-order valence-electron chi connectivity index (χ0n) is 10.9. The summed E-state index contributed by atoms with van der Waals surface area (Å²) in [6.07, 6.45) is 3.57. The van der Waals surface area contributed by atoms with Gasteiger partial charge in [-0.15, -0.1) is 10.2 Å². The van der Waals surface area contributed by atoms with Gasteiger partial charge in [0.2, 0.25) is 0 Å². The summed E-state index contributed by atoms with van der Waals surface area (Å²) in [4.78, 5) is 0. The highest BCUT2D eigenvalue weighted by Crippen LogP contribution is 2.42. The number of aromatic nitrogens is 3. The van der Waals surface area contributed by atoms with Crippen LogP contribution in [0.5, 0.6) is 0 Å². The molecule has 100 valence electrons. The van der Waals surface area contributed by atoms with Gasteiger partial charge in [-0.25, -0.2) is 0 Å². The molecule has 1 unspecified atom stereocenters. The van der Waals surface area contributed by atoms with Gasteiger partial charge in [-0.1, -0.05) is 36.0 Å². The largest absolute Gasteiger partial charge is 0.388 e. The third kappa shape index (κ3) is 2.40. The summed E-state index contributed by atoms with van der Waals surface area (Å²) in [6.45, 7) is -0.0642. The molecule has 3 rings (SSSR count). The van der Waals surface area contributed by atoms with Gasteiger partial charge in [0.05, 0.1) is 0 Å². The second-order valence-electron chi connectivity index (χ2n) is 4.81. The van der Waals surface area contributed by atoms with E-state index in [9.17, 15) is 0 Å². The summed E-state index contributed by atoms with van der Waals surface area (Å²) in [5.41, 5.74) is 2.88. The normalized spacial score (nSPS) is 18.3. The van der Waals surface area contributed by atoms with Crippen molar-refractivity contribution in [3.63, 3.8) is 0 Å². The molecule has 19 heavy (non-hydrogen) atoms. The molecular formula is C14H17N3OS. The van der Waals surface area contributed by atoms with Crippen molar-refractivity contribution in [1.29, 1.82) is 0 Å². The summed E-state index contributed by atoms with van der Waals surface area (Å²) in [7, 11) is 1.91. The van der Waals surface area contributed by atoms with Gasteiger partial charge in [0.25, 0.3) is 0 Å². The van der Waals surface area contributed by atoms with E-state index in [1.165, 1.54) is 30.4 Å². The monoisotopic (exact) mass is 275 g/mol. The number of fused-ring (bicyclic) bond motifs is 1. The average molecular weight is 275 g/mol. The highest BCUT2D eigenvalue weighted by atomic mass is 32.2. The molecule has 0 fully saturated rings. The lowest BCUT2D eigenvalue weighted by Crippen LogP contribution is -2.08. The molecule has 5 heteroatoms. The van der Waals surface area contributed by atoms with Crippen LogP contribution in [0.25, 0.3) is 0 Å². The Morgan fingerprint density at radius 1 is 1.37 bits per heavy atom. The quantitative estimate of drug-likeness (QED) is 0.935. The lowest BCUT2D eigenvalue weighted by atomic mass is 9.91. The Hall–Kier alpha value is -1.33. The first-order valence-electron chi connectivity index (χ1n) is 6.53. The molecule has 1 aliphatic carbocycles. The highest BCUT2D eigenvalue weighted by Gasteiger charge is 2.23. The first-order valence-corrected chi connectivity index (χ1v) is 7.41. The minimum atomic E-state index is -0.0642. The first kappa shape index (κ1) is 12.7. The van der Waals surface area contributed by atoms with E-state index in [2.05, 4.69) is 34.5 Å². The predicted molar refractivity (Wildman–Crippen MR) is 74.9 cm³/mol. The predicted octanol–water partition coefficient (Wildman–Crippen LogP) is 2.48. The van der Waals surface area contributed by atoms with Gasteiger partial charge in [0, 0.05) is 12.3 Å². The molecule has 0 spiro atoms. The van der Waals surface area contributed by atoms with Crippen LogP contribution in [0, 0.1) is 0 Å². The molecular weight excluding hydrogens is 258 g/mol. The van der Waals surface area contributed by atoms with Crippen LogP contribution < -0.4 is 0 Å². The zero-order valence-corrected chi connectivity index (χ0v) is 11.7. The number of benzene rings is 1. The lowest BCUT2D eigenvalue weighted by molar-refractivity contribution is 0.266. The van der Waals surface area contributed by atoms with Crippen molar-refractivity contribution in [3.8, 4) is 0 Å². The van der Waals surface area contributed by atoms with Gasteiger partial charge in [0.1, 0.15) is 6.61 Å². The summed E-state index contributed by atoms with van der Waals surface area (Å²) in [5.74, 6) is 0.617. The maximum absolute atomic E-state index is 9.16. The van der Waals surface area contributed by atoms with Crippen LogP contribution in [0.4, 0.5) is 0 Å². The van der Waals surface area contributed by atoms with E-state index in [0.29, 0.717) is 11.1 Å². The number of aryl methyl sites for hydroxylation is 1. The number of rotatable bonds is 3.